The maximum Gasteiger partial charge on any atom is 0.275 e. The monoisotopic (exact) mass is 267 g/mol. The van der Waals surface area contributed by atoms with Gasteiger partial charge in [0.05, 0.1) is 4.88 Å². The maximum atomic E-state index is 11.3. The minimum Gasteiger partial charge on any atom is -0.303 e. The number of nitrogens with one attached hydrogen (secondary N) is 1. The number of hydrogen-bond donors (Lipinski definition) is 2. The van der Waals surface area contributed by atoms with Crippen molar-refractivity contribution in [3.05, 3.63) is 21.9 Å². The molecule has 0 spiro atoms. The van der Waals surface area contributed by atoms with Gasteiger partial charge in [-0.3, -0.25) is 10.2 Å². The molecule has 0 unspecified atom stereocenters. The molecule has 18 heavy (non-hydrogen) atoms. The first-order chi connectivity index (χ1) is 8.79. The zero-order chi connectivity index (χ0) is 12.8. The van der Waals surface area contributed by atoms with Crippen LogP contribution < -0.4 is 11.3 Å². The van der Waals surface area contributed by atoms with Gasteiger partial charge in [0.2, 0.25) is 0 Å². The predicted octanol–water partition coefficient (Wildman–Crippen LogP) is 1.77. The van der Waals surface area contributed by atoms with Gasteiger partial charge < -0.3 is 4.90 Å². The first-order valence-electron chi connectivity index (χ1n) is 6.61. The average Bonchev–Trinajstić information content (AvgIpc) is 2.71. The summed E-state index contributed by atoms with van der Waals surface area (Å²) in [6, 6.07) is 3.89. The summed E-state index contributed by atoms with van der Waals surface area (Å²) in [6.45, 7) is 3.55. The zero-order valence-electron chi connectivity index (χ0n) is 10.7. The number of likely N-dealkylation sites (tertiary alicyclic amines) is 1. The van der Waals surface area contributed by atoms with E-state index >= 15 is 0 Å². The van der Waals surface area contributed by atoms with Crippen LogP contribution in [-0.4, -0.2) is 30.4 Å². The second-order valence-electron chi connectivity index (χ2n) is 4.75. The second-order valence-corrected chi connectivity index (χ2v) is 5.91. The number of nitrogen functional groups attached to an aromatic ring is 1. The Labute approximate surface area is 112 Å². The van der Waals surface area contributed by atoms with Crippen LogP contribution in [-0.2, 0) is 6.42 Å². The number of nitrogens with zero attached hydrogens (tertiary/aromatic N) is 1. The fourth-order valence-corrected chi connectivity index (χ4v) is 3.23. The standard InChI is InChI=1S/C13H21N3OS/c14-15-13(17)12-6-5-11(18-12)7-10-16-8-3-1-2-4-9-16/h5-6H,1-4,7-10,14H2,(H,15,17). The number of nitrogens with two attached hydrogens (primary N) is 1. The predicted molar refractivity (Wildman–Crippen MR) is 74.6 cm³/mol. The third-order valence-electron chi connectivity index (χ3n) is 3.39. The molecule has 0 saturated carbocycles. The molecule has 3 N–H and O–H groups in total. The molecule has 0 aromatic carbocycles. The molecule has 1 amide bonds. The van der Waals surface area contributed by atoms with E-state index in [1.54, 1.807) is 11.3 Å². The fraction of sp³-hybridized carbons (Fsp3) is 0.615. The number of carbonyl (C=O) groups is 1. The van der Waals surface area contributed by atoms with Crippen LogP contribution in [0.25, 0.3) is 0 Å². The van der Waals surface area contributed by atoms with Gasteiger partial charge in [0.1, 0.15) is 0 Å². The third kappa shape index (κ3) is 3.80. The summed E-state index contributed by atoms with van der Waals surface area (Å²) >= 11 is 1.54. The van der Waals surface area contributed by atoms with E-state index in [0.29, 0.717) is 4.88 Å². The summed E-state index contributed by atoms with van der Waals surface area (Å²) in [4.78, 5) is 15.8. The highest BCUT2D eigenvalue weighted by Gasteiger charge is 2.11. The summed E-state index contributed by atoms with van der Waals surface area (Å²) in [5.74, 6) is 4.93. The second kappa shape index (κ2) is 6.87. The lowest BCUT2D eigenvalue weighted by molar-refractivity contribution is 0.0957. The van der Waals surface area contributed by atoms with E-state index in [9.17, 15) is 4.79 Å². The van der Waals surface area contributed by atoms with Gasteiger partial charge in [-0.05, 0) is 44.5 Å². The number of hydrazine groups is 1. The Hall–Kier alpha value is -0.910. The van der Waals surface area contributed by atoms with E-state index in [1.807, 2.05) is 12.1 Å². The topological polar surface area (TPSA) is 58.4 Å². The van der Waals surface area contributed by atoms with Gasteiger partial charge in [-0.15, -0.1) is 11.3 Å². The van der Waals surface area contributed by atoms with Crippen molar-refractivity contribution in [1.29, 1.82) is 0 Å². The maximum absolute atomic E-state index is 11.3. The first-order valence-corrected chi connectivity index (χ1v) is 7.43. The minimum absolute atomic E-state index is 0.193. The van der Waals surface area contributed by atoms with E-state index in [-0.39, 0.29) is 5.91 Å². The summed E-state index contributed by atoms with van der Waals surface area (Å²) in [6.07, 6.45) is 6.42. The number of amides is 1. The average molecular weight is 267 g/mol. The van der Waals surface area contributed by atoms with Crippen molar-refractivity contribution < 1.29 is 4.79 Å². The SMILES string of the molecule is NNC(=O)c1ccc(CCN2CCCCCC2)s1. The van der Waals surface area contributed by atoms with Crippen LogP contribution in [0.2, 0.25) is 0 Å². The van der Waals surface area contributed by atoms with E-state index < -0.39 is 0 Å². The summed E-state index contributed by atoms with van der Waals surface area (Å²) in [7, 11) is 0. The Morgan fingerprint density at radius 1 is 1.28 bits per heavy atom. The van der Waals surface area contributed by atoms with Crippen molar-refractivity contribution in [2.75, 3.05) is 19.6 Å². The highest BCUT2D eigenvalue weighted by Crippen LogP contribution is 2.18. The van der Waals surface area contributed by atoms with Crippen LogP contribution in [0.15, 0.2) is 12.1 Å². The van der Waals surface area contributed by atoms with Crippen molar-refractivity contribution in [2.45, 2.75) is 32.1 Å². The molecular weight excluding hydrogens is 246 g/mol. The smallest absolute Gasteiger partial charge is 0.275 e. The number of hydrogen-bond acceptors (Lipinski definition) is 4. The normalized spacial score (nSPS) is 17.4. The van der Waals surface area contributed by atoms with Gasteiger partial charge in [-0.25, -0.2) is 5.84 Å². The van der Waals surface area contributed by atoms with Gasteiger partial charge in [0.15, 0.2) is 0 Å². The molecule has 4 nitrogen and oxygen atoms in total. The number of rotatable bonds is 4. The van der Waals surface area contributed by atoms with Crippen LogP contribution in [0.1, 0.15) is 40.2 Å². The van der Waals surface area contributed by atoms with Crippen LogP contribution in [0.3, 0.4) is 0 Å². The van der Waals surface area contributed by atoms with Crippen LogP contribution in [0.5, 0.6) is 0 Å². The highest BCUT2D eigenvalue weighted by atomic mass is 32.1. The van der Waals surface area contributed by atoms with Crippen molar-refractivity contribution in [3.63, 3.8) is 0 Å². The van der Waals surface area contributed by atoms with E-state index in [2.05, 4.69) is 10.3 Å². The lowest BCUT2D eigenvalue weighted by atomic mass is 10.2. The lowest BCUT2D eigenvalue weighted by Gasteiger charge is -2.18. The van der Waals surface area contributed by atoms with Gasteiger partial charge >= 0.3 is 0 Å². The fourth-order valence-electron chi connectivity index (χ4n) is 2.33. The molecule has 0 atom stereocenters. The molecule has 1 saturated heterocycles. The van der Waals surface area contributed by atoms with Crippen LogP contribution >= 0.6 is 11.3 Å². The van der Waals surface area contributed by atoms with E-state index in [1.165, 1.54) is 43.6 Å². The summed E-state index contributed by atoms with van der Waals surface area (Å²) in [5, 5.41) is 0. The molecule has 0 radical (unpaired) electrons. The van der Waals surface area contributed by atoms with Gasteiger partial charge in [0.25, 0.3) is 5.91 Å². The summed E-state index contributed by atoms with van der Waals surface area (Å²) in [5.41, 5.74) is 2.17. The van der Waals surface area contributed by atoms with Gasteiger partial charge in [-0.2, -0.15) is 0 Å². The molecule has 2 rings (SSSR count). The Kier molecular flexibility index (Phi) is 5.16. The van der Waals surface area contributed by atoms with Crippen molar-refractivity contribution in [2.24, 2.45) is 5.84 Å². The first kappa shape index (κ1) is 13.5. The lowest BCUT2D eigenvalue weighted by Crippen LogP contribution is -2.29. The number of carbonyl (C=O) groups excluding carboxylic acids is 1. The molecule has 0 bridgehead atoms. The van der Waals surface area contributed by atoms with Gasteiger partial charge in [0, 0.05) is 11.4 Å². The number of thiophene rings is 1. The van der Waals surface area contributed by atoms with E-state index in [4.69, 9.17) is 5.84 Å². The minimum atomic E-state index is -0.193. The molecule has 1 aliphatic rings. The molecule has 1 aromatic rings. The largest absolute Gasteiger partial charge is 0.303 e. The molecule has 1 aromatic heterocycles. The Morgan fingerprint density at radius 2 is 2.00 bits per heavy atom. The molecule has 2 heterocycles. The van der Waals surface area contributed by atoms with Gasteiger partial charge in [-0.1, -0.05) is 12.8 Å². The zero-order valence-corrected chi connectivity index (χ0v) is 11.5. The molecular formula is C13H21N3OS. The van der Waals surface area contributed by atoms with Crippen molar-refractivity contribution in [3.8, 4) is 0 Å². The molecule has 0 aliphatic carbocycles. The van der Waals surface area contributed by atoms with Crippen molar-refractivity contribution >= 4 is 17.2 Å². The van der Waals surface area contributed by atoms with Crippen LogP contribution in [0.4, 0.5) is 0 Å². The molecule has 1 fully saturated rings. The summed E-state index contributed by atoms with van der Waals surface area (Å²) < 4.78 is 0. The van der Waals surface area contributed by atoms with Crippen LogP contribution in [0, 0.1) is 0 Å². The Morgan fingerprint density at radius 3 is 2.67 bits per heavy atom. The van der Waals surface area contributed by atoms with Crippen molar-refractivity contribution in [1.82, 2.24) is 10.3 Å². The third-order valence-corrected chi connectivity index (χ3v) is 4.53. The molecule has 5 heteroatoms. The highest BCUT2D eigenvalue weighted by molar-refractivity contribution is 7.14. The Bertz CT molecular complexity index is 383. The Balaban J connectivity index is 1.82. The van der Waals surface area contributed by atoms with E-state index in [0.717, 1.165) is 13.0 Å². The molecule has 100 valence electrons. The molecule has 1 aliphatic heterocycles. The quantitative estimate of drug-likeness (QED) is 0.496.